The summed E-state index contributed by atoms with van der Waals surface area (Å²) in [5.41, 5.74) is 4.14. The van der Waals surface area contributed by atoms with Gasteiger partial charge in [-0.2, -0.15) is 0 Å². The summed E-state index contributed by atoms with van der Waals surface area (Å²) in [4.78, 5) is 0. The van der Waals surface area contributed by atoms with E-state index in [2.05, 4.69) is 83.6 Å². The molecule has 0 spiro atoms. The third-order valence-electron chi connectivity index (χ3n) is 3.76. The second-order valence-electron chi connectivity index (χ2n) is 5.44. The summed E-state index contributed by atoms with van der Waals surface area (Å²) < 4.78 is 1.14. The number of benzene rings is 2. The van der Waals surface area contributed by atoms with E-state index < -0.39 is 0 Å². The zero-order chi connectivity index (χ0) is 15.1. The molecular formula is C19H24BrN. The molecule has 2 heteroatoms. The fourth-order valence-electron chi connectivity index (χ4n) is 2.50. The van der Waals surface area contributed by atoms with E-state index in [0.717, 1.165) is 30.3 Å². The molecule has 0 fully saturated rings. The Balaban J connectivity index is 2.15. The summed E-state index contributed by atoms with van der Waals surface area (Å²) >= 11 is 3.58. The summed E-state index contributed by atoms with van der Waals surface area (Å²) in [6.45, 7) is 5.45. The Hall–Kier alpha value is -1.12. The first-order chi connectivity index (χ1) is 10.2. The standard InChI is InChI=1S/C19H24BrN/c1-3-12-21-19(17-6-5-7-18(20)14-17)13-16-10-8-15(4-2)9-11-16/h5-11,14,19,21H,3-4,12-13H2,1-2H3. The summed E-state index contributed by atoms with van der Waals surface area (Å²) in [6, 6.07) is 18.0. The van der Waals surface area contributed by atoms with Crippen molar-refractivity contribution >= 4 is 15.9 Å². The fourth-order valence-corrected chi connectivity index (χ4v) is 2.91. The van der Waals surface area contributed by atoms with Gasteiger partial charge in [-0.1, -0.05) is 66.2 Å². The Morgan fingerprint density at radius 3 is 2.33 bits per heavy atom. The molecule has 0 saturated carbocycles. The van der Waals surface area contributed by atoms with E-state index in [4.69, 9.17) is 0 Å². The maximum atomic E-state index is 3.67. The van der Waals surface area contributed by atoms with Gasteiger partial charge in [0.15, 0.2) is 0 Å². The summed E-state index contributed by atoms with van der Waals surface area (Å²) in [6.07, 6.45) is 3.28. The van der Waals surface area contributed by atoms with Crippen molar-refractivity contribution in [3.05, 3.63) is 69.7 Å². The lowest BCUT2D eigenvalue weighted by Crippen LogP contribution is -2.24. The quantitative estimate of drug-likeness (QED) is 0.718. The third-order valence-corrected chi connectivity index (χ3v) is 4.26. The van der Waals surface area contributed by atoms with Crippen molar-refractivity contribution in [2.24, 2.45) is 0 Å². The molecule has 0 aliphatic rings. The third kappa shape index (κ3) is 4.98. The van der Waals surface area contributed by atoms with Gasteiger partial charge in [-0.05, 0) is 54.6 Å². The van der Waals surface area contributed by atoms with E-state index in [1.54, 1.807) is 0 Å². The van der Waals surface area contributed by atoms with Gasteiger partial charge in [0.25, 0.3) is 0 Å². The lowest BCUT2D eigenvalue weighted by atomic mass is 9.97. The molecule has 0 heterocycles. The Bertz CT molecular complexity index is 548. The first kappa shape index (κ1) is 16.3. The maximum absolute atomic E-state index is 3.67. The topological polar surface area (TPSA) is 12.0 Å². The van der Waals surface area contributed by atoms with Gasteiger partial charge in [0.05, 0.1) is 0 Å². The van der Waals surface area contributed by atoms with Gasteiger partial charge >= 0.3 is 0 Å². The molecule has 0 bridgehead atoms. The molecule has 0 radical (unpaired) electrons. The van der Waals surface area contributed by atoms with Crippen LogP contribution in [0.15, 0.2) is 53.0 Å². The van der Waals surface area contributed by atoms with Crippen LogP contribution in [0.3, 0.4) is 0 Å². The molecule has 0 aromatic heterocycles. The average Bonchev–Trinajstić information content (AvgIpc) is 2.52. The minimum atomic E-state index is 0.370. The minimum Gasteiger partial charge on any atom is -0.310 e. The minimum absolute atomic E-state index is 0.370. The van der Waals surface area contributed by atoms with Gasteiger partial charge in [-0.3, -0.25) is 0 Å². The number of rotatable bonds is 7. The van der Waals surface area contributed by atoms with E-state index in [1.165, 1.54) is 16.7 Å². The molecule has 0 saturated heterocycles. The molecule has 2 aromatic carbocycles. The van der Waals surface area contributed by atoms with Gasteiger partial charge in [-0.25, -0.2) is 0 Å². The van der Waals surface area contributed by atoms with Crippen LogP contribution in [0.5, 0.6) is 0 Å². The molecule has 2 rings (SSSR count). The van der Waals surface area contributed by atoms with Crippen LogP contribution < -0.4 is 5.32 Å². The van der Waals surface area contributed by atoms with Crippen LogP contribution in [0.1, 0.15) is 43.0 Å². The van der Waals surface area contributed by atoms with Crippen LogP contribution >= 0.6 is 15.9 Å². The van der Waals surface area contributed by atoms with Gasteiger partial charge in [-0.15, -0.1) is 0 Å². The van der Waals surface area contributed by atoms with E-state index in [9.17, 15) is 0 Å². The monoisotopic (exact) mass is 345 g/mol. The van der Waals surface area contributed by atoms with Gasteiger partial charge in [0.1, 0.15) is 0 Å². The Morgan fingerprint density at radius 2 is 1.71 bits per heavy atom. The molecule has 1 N–H and O–H groups in total. The number of nitrogens with one attached hydrogen (secondary N) is 1. The SMILES string of the molecule is CCCNC(Cc1ccc(CC)cc1)c1cccc(Br)c1. The second kappa shape index (κ2) is 8.35. The van der Waals surface area contributed by atoms with Crippen molar-refractivity contribution in [2.75, 3.05) is 6.54 Å². The molecule has 112 valence electrons. The van der Waals surface area contributed by atoms with Crippen molar-refractivity contribution in [3.8, 4) is 0 Å². The lowest BCUT2D eigenvalue weighted by Gasteiger charge is -2.19. The van der Waals surface area contributed by atoms with Crippen LogP contribution in [0.4, 0.5) is 0 Å². The van der Waals surface area contributed by atoms with Crippen LogP contribution in [0, 0.1) is 0 Å². The van der Waals surface area contributed by atoms with Gasteiger partial charge < -0.3 is 5.32 Å². The molecule has 1 unspecified atom stereocenters. The van der Waals surface area contributed by atoms with Crippen molar-refractivity contribution in [1.29, 1.82) is 0 Å². The van der Waals surface area contributed by atoms with Crippen LogP contribution in [-0.2, 0) is 12.8 Å². The largest absolute Gasteiger partial charge is 0.310 e. The Kier molecular flexibility index (Phi) is 6.47. The highest BCUT2D eigenvalue weighted by atomic mass is 79.9. The number of hydrogen-bond acceptors (Lipinski definition) is 1. The second-order valence-corrected chi connectivity index (χ2v) is 6.35. The predicted molar refractivity (Wildman–Crippen MR) is 94.7 cm³/mol. The van der Waals surface area contributed by atoms with E-state index in [1.807, 2.05) is 0 Å². The van der Waals surface area contributed by atoms with Gasteiger partial charge in [0, 0.05) is 10.5 Å². The first-order valence-electron chi connectivity index (χ1n) is 7.79. The van der Waals surface area contributed by atoms with Gasteiger partial charge in [0.2, 0.25) is 0 Å². The van der Waals surface area contributed by atoms with Crippen LogP contribution in [-0.4, -0.2) is 6.54 Å². The highest BCUT2D eigenvalue weighted by Gasteiger charge is 2.11. The summed E-state index contributed by atoms with van der Waals surface area (Å²) in [7, 11) is 0. The zero-order valence-electron chi connectivity index (χ0n) is 12.9. The molecule has 2 aromatic rings. The smallest absolute Gasteiger partial charge is 0.0361 e. The summed E-state index contributed by atoms with van der Waals surface area (Å²) in [5, 5.41) is 3.67. The molecule has 1 nitrogen and oxygen atoms in total. The predicted octanol–water partition coefficient (Wildman–Crippen LogP) is 5.29. The van der Waals surface area contributed by atoms with E-state index >= 15 is 0 Å². The van der Waals surface area contributed by atoms with Crippen molar-refractivity contribution < 1.29 is 0 Å². The normalized spacial score (nSPS) is 12.3. The molecule has 0 aliphatic carbocycles. The van der Waals surface area contributed by atoms with Crippen molar-refractivity contribution in [1.82, 2.24) is 5.32 Å². The van der Waals surface area contributed by atoms with E-state index in [0.29, 0.717) is 6.04 Å². The van der Waals surface area contributed by atoms with Crippen molar-refractivity contribution in [3.63, 3.8) is 0 Å². The fraction of sp³-hybridized carbons (Fsp3) is 0.368. The van der Waals surface area contributed by atoms with Crippen LogP contribution in [0.2, 0.25) is 0 Å². The highest BCUT2D eigenvalue weighted by molar-refractivity contribution is 9.10. The first-order valence-corrected chi connectivity index (χ1v) is 8.59. The van der Waals surface area contributed by atoms with Crippen LogP contribution in [0.25, 0.3) is 0 Å². The van der Waals surface area contributed by atoms with E-state index in [-0.39, 0.29) is 0 Å². The average molecular weight is 346 g/mol. The maximum Gasteiger partial charge on any atom is 0.0361 e. The molecule has 0 amide bonds. The number of aryl methyl sites for hydroxylation is 1. The summed E-state index contributed by atoms with van der Waals surface area (Å²) in [5.74, 6) is 0. The molecule has 21 heavy (non-hydrogen) atoms. The molecular weight excluding hydrogens is 322 g/mol. The highest BCUT2D eigenvalue weighted by Crippen LogP contribution is 2.22. The Labute approximate surface area is 136 Å². The van der Waals surface area contributed by atoms with Crippen molar-refractivity contribution in [2.45, 2.75) is 39.2 Å². The zero-order valence-corrected chi connectivity index (χ0v) is 14.5. The molecule has 1 atom stereocenters. The molecule has 0 aliphatic heterocycles. The number of halogens is 1. The lowest BCUT2D eigenvalue weighted by molar-refractivity contribution is 0.529. The Morgan fingerprint density at radius 1 is 1.00 bits per heavy atom. The number of hydrogen-bond donors (Lipinski definition) is 1.